The van der Waals surface area contributed by atoms with Crippen LogP contribution in [0.5, 0.6) is 11.5 Å². The van der Waals surface area contributed by atoms with Crippen LogP contribution >= 0.6 is 23.7 Å². The van der Waals surface area contributed by atoms with Gasteiger partial charge in [-0.05, 0) is 67.6 Å². The van der Waals surface area contributed by atoms with Crippen molar-refractivity contribution in [2.75, 3.05) is 26.3 Å². The molecule has 0 saturated heterocycles. The number of unbranched alkanes of at least 4 members (excludes halogenated alkanes) is 3. The van der Waals surface area contributed by atoms with E-state index in [1.807, 2.05) is 42.5 Å². The van der Waals surface area contributed by atoms with Crippen LogP contribution in [0.25, 0.3) is 10.2 Å². The lowest BCUT2D eigenvalue weighted by Crippen LogP contribution is -2.18. The van der Waals surface area contributed by atoms with Crippen molar-refractivity contribution < 1.29 is 14.6 Å². The number of para-hydroxylation sites is 1. The molecule has 4 rings (SSSR count). The van der Waals surface area contributed by atoms with Crippen LogP contribution in [0.4, 0.5) is 0 Å². The molecule has 6 nitrogen and oxygen atoms in total. The number of aromatic hydroxyl groups is 1. The van der Waals surface area contributed by atoms with Crippen LogP contribution in [0.15, 0.2) is 71.5 Å². The van der Waals surface area contributed by atoms with Gasteiger partial charge in [0.05, 0.1) is 11.3 Å². The summed E-state index contributed by atoms with van der Waals surface area (Å²) in [6.45, 7) is 3.89. The van der Waals surface area contributed by atoms with Gasteiger partial charge in [-0.2, -0.15) is 0 Å². The first kappa shape index (κ1) is 29.7. The Morgan fingerprint density at radius 3 is 2.47 bits per heavy atom. The summed E-state index contributed by atoms with van der Waals surface area (Å²) in [6.07, 6.45) is 6.23. The maximum Gasteiger partial charge on any atom is 0.305 e. The Kier molecular flexibility index (Phi) is 12.7. The molecule has 0 saturated carbocycles. The molecule has 0 bridgehead atoms. The molecule has 8 heteroatoms. The van der Waals surface area contributed by atoms with Gasteiger partial charge in [-0.15, -0.1) is 12.4 Å². The smallest absolute Gasteiger partial charge is 0.305 e. The second kappa shape index (κ2) is 16.2. The Hall–Kier alpha value is -2.84. The van der Waals surface area contributed by atoms with E-state index in [1.165, 1.54) is 17.5 Å². The molecule has 0 amide bonds. The highest BCUT2D eigenvalue weighted by Crippen LogP contribution is 2.27. The van der Waals surface area contributed by atoms with Crippen molar-refractivity contribution in [3.63, 3.8) is 0 Å². The van der Waals surface area contributed by atoms with Gasteiger partial charge >= 0.3 is 4.87 Å². The number of benzene rings is 3. The lowest BCUT2D eigenvalue weighted by atomic mass is 10.1. The monoisotopic (exact) mass is 556 g/mol. The molecule has 1 heterocycles. The van der Waals surface area contributed by atoms with Gasteiger partial charge in [-0.3, -0.25) is 4.79 Å². The number of fused-ring (bicyclic) bond motifs is 1. The summed E-state index contributed by atoms with van der Waals surface area (Å²) in [5, 5.41) is 13.4. The molecule has 0 unspecified atom stereocenters. The van der Waals surface area contributed by atoms with Gasteiger partial charge in [0.1, 0.15) is 23.6 Å². The predicted octanol–water partition coefficient (Wildman–Crippen LogP) is 6.25. The van der Waals surface area contributed by atoms with Crippen LogP contribution in [0.1, 0.15) is 42.4 Å². The summed E-state index contributed by atoms with van der Waals surface area (Å²) >= 11 is 1.16. The summed E-state index contributed by atoms with van der Waals surface area (Å²) in [4.78, 5) is 14.2. The highest BCUT2D eigenvalue weighted by Gasteiger charge is 2.09. The molecule has 1 aromatic heterocycles. The Labute approximate surface area is 234 Å². The van der Waals surface area contributed by atoms with Gasteiger partial charge in [0.2, 0.25) is 0 Å². The molecule has 0 radical (unpaired) electrons. The van der Waals surface area contributed by atoms with E-state index in [0.717, 1.165) is 79.2 Å². The minimum absolute atomic E-state index is 0. The topological polar surface area (TPSA) is 83.6 Å². The van der Waals surface area contributed by atoms with E-state index in [-0.39, 0.29) is 23.0 Å². The zero-order valence-electron chi connectivity index (χ0n) is 21.6. The average Bonchev–Trinajstić information content (AvgIpc) is 3.33. The highest BCUT2D eigenvalue weighted by molar-refractivity contribution is 7.16. The predicted molar refractivity (Wildman–Crippen MR) is 158 cm³/mol. The normalized spacial score (nSPS) is 10.9. The molecule has 4 aromatic rings. The molecule has 0 aliphatic carbocycles. The van der Waals surface area contributed by atoms with Gasteiger partial charge in [0.15, 0.2) is 0 Å². The second-order valence-corrected chi connectivity index (χ2v) is 10.1. The van der Waals surface area contributed by atoms with Crippen LogP contribution < -0.4 is 14.9 Å². The van der Waals surface area contributed by atoms with Gasteiger partial charge in [-0.1, -0.05) is 78.8 Å². The Morgan fingerprint density at radius 2 is 1.61 bits per heavy atom. The number of rotatable bonds is 16. The number of halogens is 1. The van der Waals surface area contributed by atoms with E-state index in [1.54, 1.807) is 6.07 Å². The number of aromatic amines is 1. The fourth-order valence-electron chi connectivity index (χ4n) is 4.30. The van der Waals surface area contributed by atoms with Crippen LogP contribution in [0, 0.1) is 0 Å². The van der Waals surface area contributed by atoms with Crippen molar-refractivity contribution in [2.24, 2.45) is 0 Å². The fourth-order valence-corrected chi connectivity index (χ4v) is 5.19. The molecule has 3 aromatic carbocycles. The standard InChI is InChI=1S/C30H36N2O4S.ClH/c33-26-15-14-25(29-28(26)32-30(34)37-29)16-19-31-18-8-1-2-9-20-35-21-17-24-12-6-7-13-27(24)36-22-23-10-4-3-5-11-23;/h3-7,10-15,31,33H,1-2,8-9,16-22H2,(H,32,34);1H. The average molecular weight is 557 g/mol. The first-order valence-electron chi connectivity index (χ1n) is 13.1. The van der Waals surface area contributed by atoms with Gasteiger partial charge < -0.3 is 24.9 Å². The van der Waals surface area contributed by atoms with E-state index >= 15 is 0 Å². The first-order chi connectivity index (χ1) is 18.2. The van der Waals surface area contributed by atoms with Gasteiger partial charge in [-0.25, -0.2) is 0 Å². The number of phenols is 1. The quantitative estimate of drug-likeness (QED) is 0.142. The van der Waals surface area contributed by atoms with E-state index in [2.05, 4.69) is 28.5 Å². The molecule has 38 heavy (non-hydrogen) atoms. The Morgan fingerprint density at radius 1 is 0.816 bits per heavy atom. The molecule has 0 spiro atoms. The second-order valence-electron chi connectivity index (χ2n) is 9.12. The zero-order valence-corrected chi connectivity index (χ0v) is 23.3. The number of H-pyrrole nitrogens is 1. The molecule has 0 atom stereocenters. The third kappa shape index (κ3) is 9.17. The van der Waals surface area contributed by atoms with Crippen molar-refractivity contribution >= 4 is 34.0 Å². The molecular weight excluding hydrogens is 520 g/mol. The summed E-state index contributed by atoms with van der Waals surface area (Å²) < 4.78 is 12.8. The number of ether oxygens (including phenoxy) is 2. The van der Waals surface area contributed by atoms with Crippen molar-refractivity contribution in [1.82, 2.24) is 10.3 Å². The minimum atomic E-state index is -0.132. The van der Waals surface area contributed by atoms with Crippen molar-refractivity contribution in [1.29, 1.82) is 0 Å². The Balaban J connectivity index is 0.00000400. The number of hydrogen-bond acceptors (Lipinski definition) is 6. The largest absolute Gasteiger partial charge is 0.506 e. The fraction of sp³-hybridized carbons (Fsp3) is 0.367. The molecule has 3 N–H and O–H groups in total. The summed E-state index contributed by atoms with van der Waals surface area (Å²) in [5.74, 6) is 1.06. The van der Waals surface area contributed by atoms with Crippen LogP contribution in [-0.2, 0) is 24.2 Å². The Bertz CT molecular complexity index is 1290. The molecular formula is C30H37ClN2O4S. The van der Waals surface area contributed by atoms with E-state index in [9.17, 15) is 9.90 Å². The number of phenolic OH excluding ortho intramolecular Hbond substituents is 1. The van der Waals surface area contributed by atoms with Crippen LogP contribution in [0.2, 0.25) is 0 Å². The summed E-state index contributed by atoms with van der Waals surface area (Å²) in [5.41, 5.74) is 3.99. The van der Waals surface area contributed by atoms with Gasteiger partial charge in [0, 0.05) is 6.61 Å². The summed E-state index contributed by atoms with van der Waals surface area (Å²) in [7, 11) is 0. The number of hydrogen-bond donors (Lipinski definition) is 3. The number of aromatic nitrogens is 1. The molecule has 204 valence electrons. The maximum absolute atomic E-state index is 11.6. The van der Waals surface area contributed by atoms with E-state index < -0.39 is 0 Å². The lowest BCUT2D eigenvalue weighted by Gasteiger charge is -2.12. The van der Waals surface area contributed by atoms with Crippen LogP contribution in [-0.4, -0.2) is 36.4 Å². The van der Waals surface area contributed by atoms with Crippen molar-refractivity contribution in [2.45, 2.75) is 45.1 Å². The molecule has 0 aliphatic rings. The third-order valence-electron chi connectivity index (χ3n) is 6.33. The van der Waals surface area contributed by atoms with E-state index in [0.29, 0.717) is 18.7 Å². The first-order valence-corrected chi connectivity index (χ1v) is 13.9. The SMILES string of the molecule is Cl.O=c1[nH]c2c(O)ccc(CCNCCCCCCOCCc3ccccc3OCc3ccccc3)c2s1. The maximum atomic E-state index is 11.6. The lowest BCUT2D eigenvalue weighted by molar-refractivity contribution is 0.132. The van der Waals surface area contributed by atoms with Crippen molar-refractivity contribution in [3.05, 3.63) is 93.1 Å². The minimum Gasteiger partial charge on any atom is -0.506 e. The highest BCUT2D eigenvalue weighted by atomic mass is 35.5. The molecule has 0 aliphatic heterocycles. The van der Waals surface area contributed by atoms with Gasteiger partial charge in [0.25, 0.3) is 0 Å². The number of thiazole rings is 1. The number of nitrogens with one attached hydrogen (secondary N) is 2. The van der Waals surface area contributed by atoms with E-state index in [4.69, 9.17) is 9.47 Å². The summed E-state index contributed by atoms with van der Waals surface area (Å²) in [6, 6.07) is 22.0. The molecule has 0 fully saturated rings. The zero-order chi connectivity index (χ0) is 25.7. The van der Waals surface area contributed by atoms with Crippen molar-refractivity contribution in [3.8, 4) is 11.5 Å². The van der Waals surface area contributed by atoms with Crippen LogP contribution in [0.3, 0.4) is 0 Å². The third-order valence-corrected chi connectivity index (χ3v) is 7.29.